The molecular formula is C22H40N2O5. The maximum atomic E-state index is 13.3. The van der Waals surface area contributed by atoms with Crippen molar-refractivity contribution < 1.29 is 24.2 Å². The van der Waals surface area contributed by atoms with Crippen molar-refractivity contribution in [2.24, 2.45) is 11.3 Å². The Kier molecular flexibility index (Phi) is 9.90. The smallest absolute Gasteiger partial charge is 0.408 e. The second kappa shape index (κ2) is 10.6. The number of carbonyl (C=O) groups excluding carboxylic acids is 2. The molecule has 0 rings (SSSR count). The Hall–Kier alpha value is -2.05. The third-order valence-corrected chi connectivity index (χ3v) is 4.38. The fourth-order valence-electron chi connectivity index (χ4n) is 2.83. The maximum Gasteiger partial charge on any atom is 0.408 e. The number of ether oxygens (including phenoxy) is 1. The van der Waals surface area contributed by atoms with Crippen LogP contribution in [0.4, 0.5) is 4.79 Å². The van der Waals surface area contributed by atoms with Crippen LogP contribution in [-0.4, -0.2) is 52.7 Å². The number of amides is 2. The van der Waals surface area contributed by atoms with Crippen molar-refractivity contribution in [3.63, 3.8) is 0 Å². The number of carboxylic acids is 1. The van der Waals surface area contributed by atoms with Gasteiger partial charge >= 0.3 is 12.1 Å². The molecule has 0 bridgehead atoms. The summed E-state index contributed by atoms with van der Waals surface area (Å²) >= 11 is 0. The van der Waals surface area contributed by atoms with E-state index in [1.165, 1.54) is 4.90 Å². The van der Waals surface area contributed by atoms with Gasteiger partial charge in [0.15, 0.2) is 0 Å². The molecule has 0 aliphatic carbocycles. The normalized spacial score (nSPS) is 14.9. The number of aliphatic carboxylic acids is 1. The van der Waals surface area contributed by atoms with Crippen LogP contribution in [0, 0.1) is 11.3 Å². The number of hydrogen-bond acceptors (Lipinski definition) is 4. The quantitative estimate of drug-likeness (QED) is 0.582. The first-order valence-electron chi connectivity index (χ1n) is 10.2. The van der Waals surface area contributed by atoms with E-state index in [-0.39, 0.29) is 23.4 Å². The number of nitrogens with one attached hydrogen (secondary N) is 1. The molecule has 168 valence electrons. The molecule has 7 heteroatoms. The minimum atomic E-state index is -0.985. The average molecular weight is 413 g/mol. The van der Waals surface area contributed by atoms with Crippen molar-refractivity contribution in [1.82, 2.24) is 10.2 Å². The number of hydrogen-bond donors (Lipinski definition) is 2. The lowest BCUT2D eigenvalue weighted by Crippen LogP contribution is -2.56. The molecule has 0 spiro atoms. The van der Waals surface area contributed by atoms with E-state index in [9.17, 15) is 19.5 Å². The van der Waals surface area contributed by atoms with E-state index in [1.807, 2.05) is 34.6 Å². The number of likely N-dealkylation sites (N-methyl/N-ethyl adjacent to an activating group) is 1. The topological polar surface area (TPSA) is 95.9 Å². The average Bonchev–Trinajstić information content (AvgIpc) is 2.51. The lowest BCUT2D eigenvalue weighted by atomic mass is 9.85. The summed E-state index contributed by atoms with van der Waals surface area (Å²) in [5.74, 6) is -1.02. The van der Waals surface area contributed by atoms with Gasteiger partial charge in [0.05, 0.1) is 6.04 Å². The minimum Gasteiger partial charge on any atom is -0.478 e. The Labute approximate surface area is 175 Å². The second-order valence-corrected chi connectivity index (χ2v) is 9.94. The number of carbonyl (C=O) groups is 3. The van der Waals surface area contributed by atoms with Gasteiger partial charge in [0.25, 0.3) is 0 Å². The summed E-state index contributed by atoms with van der Waals surface area (Å²) in [6.45, 7) is 16.7. The molecule has 0 radical (unpaired) electrons. The Balaban J connectivity index is 5.81. The van der Waals surface area contributed by atoms with E-state index >= 15 is 0 Å². The number of alkyl carbamates (subject to hydrolysis) is 1. The highest BCUT2D eigenvalue weighted by molar-refractivity contribution is 5.88. The van der Waals surface area contributed by atoms with Crippen molar-refractivity contribution >= 4 is 18.0 Å². The van der Waals surface area contributed by atoms with Crippen LogP contribution in [0.15, 0.2) is 11.6 Å². The van der Waals surface area contributed by atoms with Gasteiger partial charge in [0.2, 0.25) is 5.91 Å². The van der Waals surface area contributed by atoms with Crippen molar-refractivity contribution in [3.05, 3.63) is 11.6 Å². The predicted octanol–water partition coefficient (Wildman–Crippen LogP) is 4.22. The van der Waals surface area contributed by atoms with Gasteiger partial charge in [-0.05, 0) is 44.9 Å². The maximum absolute atomic E-state index is 13.3. The van der Waals surface area contributed by atoms with Crippen LogP contribution in [0.5, 0.6) is 0 Å². The van der Waals surface area contributed by atoms with E-state index in [0.29, 0.717) is 12.8 Å². The van der Waals surface area contributed by atoms with Crippen LogP contribution in [-0.2, 0) is 14.3 Å². The summed E-state index contributed by atoms with van der Waals surface area (Å²) in [4.78, 5) is 38.6. The number of carboxylic acid groups (broad SMARTS) is 1. The first kappa shape index (κ1) is 27.0. The van der Waals surface area contributed by atoms with Crippen molar-refractivity contribution in [3.8, 4) is 0 Å². The largest absolute Gasteiger partial charge is 0.478 e. The zero-order chi connectivity index (χ0) is 23.2. The number of nitrogens with zero attached hydrogens (tertiary/aromatic N) is 1. The third-order valence-electron chi connectivity index (χ3n) is 4.38. The highest BCUT2D eigenvalue weighted by atomic mass is 16.6. The summed E-state index contributed by atoms with van der Waals surface area (Å²) < 4.78 is 5.32. The van der Waals surface area contributed by atoms with Gasteiger partial charge in [-0.2, -0.15) is 0 Å². The summed E-state index contributed by atoms with van der Waals surface area (Å²) in [5.41, 5.74) is -0.973. The van der Waals surface area contributed by atoms with Gasteiger partial charge in [0.1, 0.15) is 11.6 Å². The fourth-order valence-corrected chi connectivity index (χ4v) is 2.83. The minimum absolute atomic E-state index is 0.255. The first-order chi connectivity index (χ1) is 13.0. The summed E-state index contributed by atoms with van der Waals surface area (Å²) in [6, 6.07) is -1.21. The summed E-state index contributed by atoms with van der Waals surface area (Å²) in [6.07, 6.45) is 1.97. The molecule has 2 amide bonds. The van der Waals surface area contributed by atoms with E-state index in [1.54, 1.807) is 40.8 Å². The molecule has 0 heterocycles. The first-order valence-corrected chi connectivity index (χ1v) is 10.2. The van der Waals surface area contributed by atoms with Gasteiger partial charge in [-0.15, -0.1) is 0 Å². The monoisotopic (exact) mass is 412 g/mol. The molecule has 0 fully saturated rings. The second-order valence-electron chi connectivity index (χ2n) is 9.94. The van der Waals surface area contributed by atoms with E-state index in [2.05, 4.69) is 5.32 Å². The van der Waals surface area contributed by atoms with Crippen LogP contribution < -0.4 is 5.32 Å². The molecule has 0 saturated heterocycles. The van der Waals surface area contributed by atoms with Crippen molar-refractivity contribution in [2.45, 2.75) is 92.8 Å². The van der Waals surface area contributed by atoms with Crippen molar-refractivity contribution in [2.75, 3.05) is 7.05 Å². The van der Waals surface area contributed by atoms with Crippen LogP contribution in [0.1, 0.15) is 75.2 Å². The number of rotatable bonds is 8. The zero-order valence-corrected chi connectivity index (χ0v) is 19.8. The van der Waals surface area contributed by atoms with Crippen LogP contribution >= 0.6 is 0 Å². The van der Waals surface area contributed by atoms with E-state index in [0.717, 1.165) is 0 Å². The van der Waals surface area contributed by atoms with Gasteiger partial charge in [-0.25, -0.2) is 9.59 Å². The molecule has 0 aromatic carbocycles. The molecule has 2 N–H and O–H groups in total. The SMILES string of the molecule is CC/C(=C\[C@H](CC(C)C)N(C)C(=O)[C@@H](NC(=O)OC(C)(C)C)C(C)(C)C)C(=O)O. The van der Waals surface area contributed by atoms with Crippen LogP contribution in [0.3, 0.4) is 0 Å². The molecule has 2 atom stereocenters. The van der Waals surface area contributed by atoms with E-state index < -0.39 is 29.1 Å². The summed E-state index contributed by atoms with van der Waals surface area (Å²) in [5, 5.41) is 12.1. The Morgan fingerprint density at radius 1 is 1.10 bits per heavy atom. The Morgan fingerprint density at radius 2 is 1.62 bits per heavy atom. The summed E-state index contributed by atoms with van der Waals surface area (Å²) in [7, 11) is 1.65. The van der Waals surface area contributed by atoms with Crippen LogP contribution in [0.25, 0.3) is 0 Å². The molecule has 0 aromatic rings. The van der Waals surface area contributed by atoms with Gasteiger partial charge in [0, 0.05) is 12.6 Å². The molecular weight excluding hydrogens is 372 g/mol. The fraction of sp³-hybridized carbons (Fsp3) is 0.773. The molecule has 29 heavy (non-hydrogen) atoms. The molecule has 0 aromatic heterocycles. The standard InChI is InChI=1S/C22H40N2O5/c1-11-15(19(26)27)13-16(12-14(2)3)24(10)18(25)17(21(4,5)6)23-20(28)29-22(7,8)9/h13-14,16-17H,11-12H2,1-10H3,(H,23,28)(H,26,27)/b15-13+/t16-,17+/m0/s1. The van der Waals surface area contributed by atoms with E-state index in [4.69, 9.17) is 4.74 Å². The lowest BCUT2D eigenvalue weighted by Gasteiger charge is -2.37. The molecule has 0 aliphatic heterocycles. The lowest BCUT2D eigenvalue weighted by molar-refractivity contribution is -0.137. The molecule has 0 unspecified atom stereocenters. The molecule has 0 aliphatic rings. The Bertz CT molecular complexity index is 612. The van der Waals surface area contributed by atoms with Gasteiger partial charge in [-0.3, -0.25) is 4.79 Å². The van der Waals surface area contributed by atoms with Gasteiger partial charge < -0.3 is 20.1 Å². The highest BCUT2D eigenvalue weighted by Crippen LogP contribution is 2.24. The van der Waals surface area contributed by atoms with Gasteiger partial charge in [-0.1, -0.05) is 47.6 Å². The Morgan fingerprint density at radius 3 is 1.97 bits per heavy atom. The third kappa shape index (κ3) is 9.81. The van der Waals surface area contributed by atoms with Crippen LogP contribution in [0.2, 0.25) is 0 Å². The highest BCUT2D eigenvalue weighted by Gasteiger charge is 2.37. The predicted molar refractivity (Wildman–Crippen MR) is 115 cm³/mol. The molecule has 0 saturated carbocycles. The molecule has 7 nitrogen and oxygen atoms in total. The zero-order valence-electron chi connectivity index (χ0n) is 19.8. The van der Waals surface area contributed by atoms with Crippen molar-refractivity contribution in [1.29, 1.82) is 0 Å².